The predicted octanol–water partition coefficient (Wildman–Crippen LogP) is 5.24. The van der Waals surface area contributed by atoms with Gasteiger partial charge >= 0.3 is 0 Å². The number of likely N-dealkylation sites (N-methyl/N-ethyl adjacent to an activating group) is 1. The molecule has 2 aromatic carbocycles. The van der Waals surface area contributed by atoms with Crippen LogP contribution in [-0.4, -0.2) is 62.5 Å². The molecule has 0 unspecified atom stereocenters. The Balaban J connectivity index is 1.41. The van der Waals surface area contributed by atoms with Crippen LogP contribution < -0.4 is 4.74 Å². The maximum absolute atomic E-state index is 14.5. The summed E-state index contributed by atoms with van der Waals surface area (Å²) in [6.45, 7) is 1.21. The van der Waals surface area contributed by atoms with Crippen LogP contribution in [0, 0.1) is 5.82 Å². The number of nitrogens with one attached hydrogen (secondary N) is 3. The fraction of sp³-hybridized carbons (Fsp3) is 0.148. The maximum atomic E-state index is 14.5. The first-order valence-electron chi connectivity index (χ1n) is 11.6. The minimum atomic E-state index is -0.356. The van der Waals surface area contributed by atoms with E-state index in [4.69, 9.17) is 4.74 Å². The molecule has 9 heteroatoms. The Hall–Kier alpha value is -4.50. The molecule has 0 radical (unpaired) electrons. The number of ether oxygens (including phenoxy) is 1. The second-order valence-electron chi connectivity index (χ2n) is 8.98. The third-order valence-electron chi connectivity index (χ3n) is 6.18. The van der Waals surface area contributed by atoms with Crippen LogP contribution in [0.15, 0.2) is 67.3 Å². The smallest absolute Gasteiger partial charge is 0.127 e. The fourth-order valence-electron chi connectivity index (χ4n) is 4.36. The van der Waals surface area contributed by atoms with Gasteiger partial charge in [0.15, 0.2) is 0 Å². The molecule has 0 atom stereocenters. The third-order valence-corrected chi connectivity index (χ3v) is 6.18. The van der Waals surface area contributed by atoms with Crippen molar-refractivity contribution in [1.29, 1.82) is 0 Å². The van der Waals surface area contributed by atoms with Crippen LogP contribution in [-0.2, 0) is 0 Å². The van der Waals surface area contributed by atoms with Crippen molar-refractivity contribution in [2.75, 3.05) is 27.2 Å². The Bertz CT molecular complexity index is 1670. The van der Waals surface area contributed by atoms with Crippen LogP contribution in [0.5, 0.6) is 5.75 Å². The molecule has 4 heterocycles. The molecular weight excluding hydrogens is 457 g/mol. The highest BCUT2D eigenvalue weighted by molar-refractivity contribution is 6.01. The molecule has 0 aliphatic heterocycles. The van der Waals surface area contributed by atoms with E-state index in [1.165, 1.54) is 12.1 Å². The Labute approximate surface area is 206 Å². The van der Waals surface area contributed by atoms with Crippen molar-refractivity contribution in [3.8, 4) is 39.4 Å². The molecule has 0 fully saturated rings. The Kier molecular flexibility index (Phi) is 5.46. The van der Waals surface area contributed by atoms with Crippen molar-refractivity contribution in [3.05, 3.63) is 73.1 Å². The van der Waals surface area contributed by atoms with Gasteiger partial charge in [0.05, 0.1) is 29.1 Å². The van der Waals surface area contributed by atoms with E-state index in [1.807, 2.05) is 49.5 Å². The third kappa shape index (κ3) is 4.09. The zero-order valence-corrected chi connectivity index (χ0v) is 19.8. The number of nitrogens with zero attached hydrogens (tertiary/aromatic N) is 4. The molecule has 3 N–H and O–H groups in total. The van der Waals surface area contributed by atoms with E-state index in [1.54, 1.807) is 18.6 Å². The lowest BCUT2D eigenvalue weighted by Crippen LogP contribution is -2.19. The molecule has 4 aromatic heterocycles. The second kappa shape index (κ2) is 8.94. The summed E-state index contributed by atoms with van der Waals surface area (Å²) < 4.78 is 20.3. The van der Waals surface area contributed by atoms with Crippen LogP contribution in [0.2, 0.25) is 0 Å². The number of rotatable bonds is 7. The van der Waals surface area contributed by atoms with Crippen molar-refractivity contribution in [1.82, 2.24) is 35.3 Å². The first kappa shape index (κ1) is 22.0. The van der Waals surface area contributed by atoms with Crippen LogP contribution in [0.25, 0.3) is 55.4 Å². The molecular formula is C27H24FN7O. The van der Waals surface area contributed by atoms with E-state index in [2.05, 4.69) is 36.4 Å². The van der Waals surface area contributed by atoms with E-state index in [0.717, 1.165) is 56.4 Å². The van der Waals surface area contributed by atoms with E-state index >= 15 is 0 Å². The molecule has 0 amide bonds. The quantitative estimate of drug-likeness (QED) is 0.290. The summed E-state index contributed by atoms with van der Waals surface area (Å²) in [6.07, 6.45) is 7.17. The average Bonchev–Trinajstić information content (AvgIpc) is 3.62. The summed E-state index contributed by atoms with van der Waals surface area (Å²) >= 11 is 0. The lowest BCUT2D eigenvalue weighted by atomic mass is 10.0. The fourth-order valence-corrected chi connectivity index (χ4v) is 4.36. The Morgan fingerprint density at radius 3 is 2.67 bits per heavy atom. The number of fused-ring (bicyclic) bond motifs is 2. The monoisotopic (exact) mass is 481 g/mol. The first-order valence-corrected chi connectivity index (χ1v) is 11.6. The topological polar surface area (TPSA) is 98.5 Å². The summed E-state index contributed by atoms with van der Waals surface area (Å²) in [5, 5.41) is 16.5. The number of halogens is 1. The second-order valence-corrected chi connectivity index (χ2v) is 8.98. The molecule has 0 bridgehead atoms. The van der Waals surface area contributed by atoms with Gasteiger partial charge in [-0.1, -0.05) is 6.07 Å². The molecule has 8 nitrogen and oxygen atoms in total. The normalized spacial score (nSPS) is 11.7. The van der Waals surface area contributed by atoms with Gasteiger partial charge in [-0.05, 0) is 55.6 Å². The van der Waals surface area contributed by atoms with Crippen molar-refractivity contribution >= 4 is 21.8 Å². The highest BCUT2D eigenvalue weighted by Crippen LogP contribution is 2.36. The number of hydrogen-bond donors (Lipinski definition) is 3. The van der Waals surface area contributed by atoms with Crippen LogP contribution >= 0.6 is 0 Å². The van der Waals surface area contributed by atoms with Gasteiger partial charge in [-0.25, -0.2) is 4.39 Å². The van der Waals surface area contributed by atoms with Crippen LogP contribution in [0.4, 0.5) is 4.39 Å². The lowest BCUT2D eigenvalue weighted by Gasteiger charge is -2.12. The molecule has 0 aliphatic carbocycles. The van der Waals surface area contributed by atoms with Gasteiger partial charge in [-0.2, -0.15) is 10.2 Å². The molecule has 180 valence electrons. The van der Waals surface area contributed by atoms with E-state index in [-0.39, 0.29) is 5.82 Å². The number of pyridine rings is 1. The minimum absolute atomic E-state index is 0.356. The summed E-state index contributed by atoms with van der Waals surface area (Å²) in [5.41, 5.74) is 6.96. The summed E-state index contributed by atoms with van der Waals surface area (Å²) in [6, 6.07) is 12.9. The Morgan fingerprint density at radius 2 is 1.83 bits per heavy atom. The van der Waals surface area contributed by atoms with Crippen molar-refractivity contribution in [2.24, 2.45) is 0 Å². The number of aromatic amines is 3. The zero-order valence-electron chi connectivity index (χ0n) is 19.8. The molecule has 0 aliphatic rings. The van der Waals surface area contributed by atoms with Crippen molar-refractivity contribution in [2.45, 2.75) is 0 Å². The number of H-pyrrole nitrogens is 3. The summed E-state index contributed by atoms with van der Waals surface area (Å²) in [7, 11) is 3.94. The zero-order chi connectivity index (χ0) is 24.6. The first-order chi connectivity index (χ1) is 17.5. The maximum Gasteiger partial charge on any atom is 0.127 e. The number of benzene rings is 2. The van der Waals surface area contributed by atoms with Crippen LogP contribution in [0.1, 0.15) is 0 Å². The average molecular weight is 482 g/mol. The predicted molar refractivity (Wildman–Crippen MR) is 138 cm³/mol. The number of hydrogen-bond acceptors (Lipinski definition) is 5. The SMILES string of the molecule is CN(C)CCOc1cc(F)cc(-c2cncc3[nH]c(-c4n[nH]c5ccc(-c6cn[nH]c6)cc45)cc23)c1. The Morgan fingerprint density at radius 1 is 0.917 bits per heavy atom. The van der Waals surface area contributed by atoms with Gasteiger partial charge in [0.1, 0.15) is 23.9 Å². The molecule has 6 rings (SSSR count). The van der Waals surface area contributed by atoms with Gasteiger partial charge < -0.3 is 14.6 Å². The summed E-state index contributed by atoms with van der Waals surface area (Å²) in [4.78, 5) is 9.85. The van der Waals surface area contributed by atoms with Crippen LogP contribution in [0.3, 0.4) is 0 Å². The van der Waals surface area contributed by atoms with Gasteiger partial charge in [-0.3, -0.25) is 15.2 Å². The largest absolute Gasteiger partial charge is 0.492 e. The van der Waals surface area contributed by atoms with Gasteiger partial charge in [-0.15, -0.1) is 0 Å². The summed E-state index contributed by atoms with van der Waals surface area (Å²) in [5.74, 6) is 0.134. The van der Waals surface area contributed by atoms with E-state index < -0.39 is 0 Å². The van der Waals surface area contributed by atoms with Gasteiger partial charge in [0.25, 0.3) is 0 Å². The van der Waals surface area contributed by atoms with Gasteiger partial charge in [0, 0.05) is 46.9 Å². The molecule has 0 spiro atoms. The number of aromatic nitrogens is 6. The van der Waals surface area contributed by atoms with Crippen molar-refractivity contribution in [3.63, 3.8) is 0 Å². The molecule has 0 saturated carbocycles. The van der Waals surface area contributed by atoms with E-state index in [9.17, 15) is 4.39 Å². The van der Waals surface area contributed by atoms with E-state index in [0.29, 0.717) is 17.9 Å². The van der Waals surface area contributed by atoms with Crippen molar-refractivity contribution < 1.29 is 9.13 Å². The highest BCUT2D eigenvalue weighted by Gasteiger charge is 2.16. The highest BCUT2D eigenvalue weighted by atomic mass is 19.1. The molecule has 6 aromatic rings. The molecule has 0 saturated heterocycles. The van der Waals surface area contributed by atoms with Gasteiger partial charge in [0.2, 0.25) is 0 Å². The lowest BCUT2D eigenvalue weighted by molar-refractivity contribution is 0.260. The standard InChI is InChI=1S/C27H24FN7O/c1-35(2)5-6-36-20-8-17(7-19(28)10-20)23-14-29-15-26-21(23)11-25(32-26)27-22-9-16(18-12-30-31-13-18)3-4-24(22)33-34-27/h3-4,7-15,32H,5-6H2,1-2H3,(H,30,31)(H,33,34). The minimum Gasteiger partial charge on any atom is -0.492 e. The molecule has 36 heavy (non-hydrogen) atoms.